The van der Waals surface area contributed by atoms with Crippen molar-refractivity contribution in [1.82, 2.24) is 10.2 Å². The third kappa shape index (κ3) is 5.84. The Morgan fingerprint density at radius 3 is 2.82 bits per heavy atom. The summed E-state index contributed by atoms with van der Waals surface area (Å²) in [7, 11) is 0. The van der Waals surface area contributed by atoms with E-state index in [1.54, 1.807) is 0 Å². The Labute approximate surface area is 107 Å². The molecular weight excluding hydrogens is 212 g/mol. The minimum Gasteiger partial charge on any atom is -0.390 e. The number of nitrogens with zero attached hydrogens (tertiary/aromatic N) is 1. The first-order valence-electron chi connectivity index (χ1n) is 7.40. The van der Waals surface area contributed by atoms with Crippen molar-refractivity contribution in [3.05, 3.63) is 0 Å². The molecule has 2 unspecified atom stereocenters. The first kappa shape index (κ1) is 14.9. The fraction of sp³-hybridized carbons (Fsp3) is 1.00. The summed E-state index contributed by atoms with van der Waals surface area (Å²) in [5, 5.41) is 13.3. The van der Waals surface area contributed by atoms with Gasteiger partial charge in [-0.15, -0.1) is 0 Å². The second kappa shape index (κ2) is 8.90. The van der Waals surface area contributed by atoms with Crippen molar-refractivity contribution in [2.24, 2.45) is 0 Å². The quantitative estimate of drug-likeness (QED) is 0.670. The predicted molar refractivity (Wildman–Crippen MR) is 73.3 cm³/mol. The zero-order valence-corrected chi connectivity index (χ0v) is 11.6. The third-order valence-electron chi connectivity index (χ3n) is 3.72. The fourth-order valence-corrected chi connectivity index (χ4v) is 2.72. The minimum atomic E-state index is -0.214. The van der Waals surface area contributed by atoms with Gasteiger partial charge >= 0.3 is 0 Å². The van der Waals surface area contributed by atoms with Crippen LogP contribution in [-0.4, -0.2) is 48.3 Å². The van der Waals surface area contributed by atoms with Crippen molar-refractivity contribution >= 4 is 0 Å². The largest absolute Gasteiger partial charge is 0.390 e. The van der Waals surface area contributed by atoms with Gasteiger partial charge in [-0.2, -0.15) is 0 Å². The summed E-state index contributed by atoms with van der Waals surface area (Å²) in [5.74, 6) is 0. The van der Waals surface area contributed by atoms with Gasteiger partial charge in [0.2, 0.25) is 0 Å². The van der Waals surface area contributed by atoms with Gasteiger partial charge in [0.15, 0.2) is 0 Å². The van der Waals surface area contributed by atoms with Crippen LogP contribution in [-0.2, 0) is 0 Å². The highest BCUT2D eigenvalue weighted by Gasteiger charge is 2.21. The molecule has 2 N–H and O–H groups in total. The maximum atomic E-state index is 10.0. The SMILES string of the molecule is CCCNCC(O)CN1CCCCCC1CC. The molecule has 2 atom stereocenters. The molecule has 0 radical (unpaired) electrons. The third-order valence-corrected chi connectivity index (χ3v) is 3.72. The van der Waals surface area contributed by atoms with Gasteiger partial charge in [-0.25, -0.2) is 0 Å². The van der Waals surface area contributed by atoms with Crippen LogP contribution in [0.4, 0.5) is 0 Å². The second-order valence-electron chi connectivity index (χ2n) is 5.26. The molecule has 0 aromatic rings. The van der Waals surface area contributed by atoms with Gasteiger partial charge in [-0.3, -0.25) is 4.90 Å². The molecule has 1 aliphatic rings. The maximum absolute atomic E-state index is 10.0. The van der Waals surface area contributed by atoms with E-state index in [0.717, 1.165) is 26.1 Å². The molecule has 0 aromatic heterocycles. The number of aliphatic hydroxyl groups excluding tert-OH is 1. The van der Waals surface area contributed by atoms with E-state index < -0.39 is 0 Å². The number of hydrogen-bond donors (Lipinski definition) is 2. The van der Waals surface area contributed by atoms with Crippen molar-refractivity contribution in [3.8, 4) is 0 Å². The van der Waals surface area contributed by atoms with E-state index >= 15 is 0 Å². The molecular formula is C14H30N2O. The number of likely N-dealkylation sites (tertiary alicyclic amines) is 1. The lowest BCUT2D eigenvalue weighted by molar-refractivity contribution is 0.0861. The van der Waals surface area contributed by atoms with Crippen LogP contribution in [0.3, 0.4) is 0 Å². The molecule has 0 aliphatic carbocycles. The van der Waals surface area contributed by atoms with Crippen LogP contribution in [0, 0.1) is 0 Å². The van der Waals surface area contributed by atoms with Crippen LogP contribution in [0.1, 0.15) is 52.4 Å². The van der Waals surface area contributed by atoms with Crippen LogP contribution in [0.2, 0.25) is 0 Å². The molecule has 0 saturated carbocycles. The highest BCUT2D eigenvalue weighted by molar-refractivity contribution is 4.77. The van der Waals surface area contributed by atoms with E-state index in [0.29, 0.717) is 6.04 Å². The average Bonchev–Trinajstić information content (AvgIpc) is 2.54. The van der Waals surface area contributed by atoms with E-state index in [2.05, 4.69) is 24.1 Å². The van der Waals surface area contributed by atoms with E-state index in [1.165, 1.54) is 38.6 Å². The lowest BCUT2D eigenvalue weighted by atomic mass is 10.1. The Hall–Kier alpha value is -0.120. The van der Waals surface area contributed by atoms with Gasteiger partial charge in [0.25, 0.3) is 0 Å². The zero-order valence-electron chi connectivity index (χ0n) is 11.6. The summed E-state index contributed by atoms with van der Waals surface area (Å²) in [4.78, 5) is 2.51. The van der Waals surface area contributed by atoms with Gasteiger partial charge in [0.1, 0.15) is 0 Å². The van der Waals surface area contributed by atoms with Crippen LogP contribution in [0.25, 0.3) is 0 Å². The predicted octanol–water partition coefficient (Wildman–Crippen LogP) is 2.00. The van der Waals surface area contributed by atoms with Crippen LogP contribution in [0.5, 0.6) is 0 Å². The number of hydrogen-bond acceptors (Lipinski definition) is 3. The summed E-state index contributed by atoms with van der Waals surface area (Å²) >= 11 is 0. The monoisotopic (exact) mass is 242 g/mol. The summed E-state index contributed by atoms with van der Waals surface area (Å²) in [6.45, 7) is 8.18. The van der Waals surface area contributed by atoms with Crippen LogP contribution < -0.4 is 5.32 Å². The molecule has 0 amide bonds. The smallest absolute Gasteiger partial charge is 0.0791 e. The van der Waals surface area contributed by atoms with Crippen molar-refractivity contribution in [2.45, 2.75) is 64.5 Å². The van der Waals surface area contributed by atoms with E-state index in [1.807, 2.05) is 0 Å². The van der Waals surface area contributed by atoms with Gasteiger partial charge in [-0.05, 0) is 38.8 Å². The molecule has 1 fully saturated rings. The second-order valence-corrected chi connectivity index (χ2v) is 5.26. The number of nitrogens with one attached hydrogen (secondary N) is 1. The molecule has 3 nitrogen and oxygen atoms in total. The Bertz CT molecular complexity index is 187. The van der Waals surface area contributed by atoms with Crippen molar-refractivity contribution in [1.29, 1.82) is 0 Å². The first-order chi connectivity index (χ1) is 8.27. The topological polar surface area (TPSA) is 35.5 Å². The summed E-state index contributed by atoms with van der Waals surface area (Å²) in [5.41, 5.74) is 0. The van der Waals surface area contributed by atoms with E-state index in [4.69, 9.17) is 0 Å². The van der Waals surface area contributed by atoms with Gasteiger partial charge < -0.3 is 10.4 Å². The van der Waals surface area contributed by atoms with Crippen molar-refractivity contribution in [3.63, 3.8) is 0 Å². The number of β-amino-alcohol motifs (C(OH)–C–C–N with tert-alkyl or cyclic N) is 1. The van der Waals surface area contributed by atoms with E-state index in [9.17, 15) is 5.11 Å². The first-order valence-corrected chi connectivity index (χ1v) is 7.40. The molecule has 1 aliphatic heterocycles. The summed E-state index contributed by atoms with van der Waals surface area (Å²) in [6, 6.07) is 0.693. The molecule has 1 heterocycles. The molecule has 1 rings (SSSR count). The molecule has 17 heavy (non-hydrogen) atoms. The lowest BCUT2D eigenvalue weighted by Crippen LogP contribution is -2.43. The summed E-state index contributed by atoms with van der Waals surface area (Å²) < 4.78 is 0. The highest BCUT2D eigenvalue weighted by atomic mass is 16.3. The molecule has 0 spiro atoms. The lowest BCUT2D eigenvalue weighted by Gasteiger charge is -2.31. The number of aliphatic hydroxyl groups is 1. The van der Waals surface area contributed by atoms with Crippen LogP contribution in [0.15, 0.2) is 0 Å². The minimum absolute atomic E-state index is 0.214. The van der Waals surface area contributed by atoms with Crippen molar-refractivity contribution in [2.75, 3.05) is 26.2 Å². The highest BCUT2D eigenvalue weighted by Crippen LogP contribution is 2.19. The maximum Gasteiger partial charge on any atom is 0.0791 e. The molecule has 3 heteroatoms. The van der Waals surface area contributed by atoms with Gasteiger partial charge in [0, 0.05) is 19.1 Å². The molecule has 1 saturated heterocycles. The molecule has 0 aromatic carbocycles. The van der Waals surface area contributed by atoms with Crippen LogP contribution >= 0.6 is 0 Å². The zero-order chi connectivity index (χ0) is 12.5. The Balaban J connectivity index is 2.30. The Morgan fingerprint density at radius 2 is 2.12 bits per heavy atom. The Morgan fingerprint density at radius 1 is 1.29 bits per heavy atom. The number of rotatable bonds is 7. The molecule has 102 valence electrons. The summed E-state index contributed by atoms with van der Waals surface area (Å²) in [6.07, 6.45) is 7.46. The van der Waals surface area contributed by atoms with Gasteiger partial charge in [-0.1, -0.05) is 26.7 Å². The fourth-order valence-electron chi connectivity index (χ4n) is 2.72. The molecule has 0 bridgehead atoms. The average molecular weight is 242 g/mol. The normalized spacial score (nSPS) is 24.5. The standard InChI is InChI=1S/C14H30N2O/c1-3-9-15-11-14(17)12-16-10-7-5-6-8-13(16)4-2/h13-15,17H,3-12H2,1-2H3. The van der Waals surface area contributed by atoms with Crippen molar-refractivity contribution < 1.29 is 5.11 Å². The Kier molecular flexibility index (Phi) is 7.82. The van der Waals surface area contributed by atoms with E-state index in [-0.39, 0.29) is 6.10 Å². The van der Waals surface area contributed by atoms with Gasteiger partial charge in [0.05, 0.1) is 6.10 Å².